The van der Waals surface area contributed by atoms with Crippen molar-refractivity contribution in [2.24, 2.45) is 0 Å². The fourth-order valence-corrected chi connectivity index (χ4v) is 6.00. The fraction of sp³-hybridized carbons (Fsp3) is 0.385. The Morgan fingerprint density at radius 1 is 0.971 bits per heavy atom. The largest absolute Gasteiger partial charge is 0.365 e. The highest BCUT2D eigenvalue weighted by Gasteiger charge is 2.25. The average molecular weight is 477 g/mol. The molecule has 4 aromatic rings. The van der Waals surface area contributed by atoms with Crippen molar-refractivity contribution in [2.45, 2.75) is 38.3 Å². The highest BCUT2D eigenvalue weighted by molar-refractivity contribution is 7.20. The summed E-state index contributed by atoms with van der Waals surface area (Å²) in [5.41, 5.74) is 3.13. The normalized spacial score (nSPS) is 17.6. The molecule has 176 valence electrons. The van der Waals surface area contributed by atoms with Crippen molar-refractivity contribution in [3.05, 3.63) is 66.0 Å². The highest BCUT2D eigenvalue weighted by Crippen LogP contribution is 2.35. The van der Waals surface area contributed by atoms with Crippen molar-refractivity contribution in [1.82, 2.24) is 19.5 Å². The lowest BCUT2D eigenvalue weighted by atomic mass is 10.1. The first kappa shape index (κ1) is 21.6. The quantitative estimate of drug-likeness (QED) is 0.411. The van der Waals surface area contributed by atoms with Crippen LogP contribution in [0.5, 0.6) is 0 Å². The zero-order valence-electron chi connectivity index (χ0n) is 19.2. The predicted octanol–water partition coefficient (Wildman–Crippen LogP) is 5.27. The van der Waals surface area contributed by atoms with E-state index in [9.17, 15) is 4.39 Å². The van der Waals surface area contributed by atoms with Crippen LogP contribution in [0.3, 0.4) is 0 Å². The van der Waals surface area contributed by atoms with Gasteiger partial charge in [0.05, 0.1) is 0 Å². The van der Waals surface area contributed by atoms with Gasteiger partial charge >= 0.3 is 0 Å². The topological polar surface area (TPSA) is 48.7 Å². The van der Waals surface area contributed by atoms with Gasteiger partial charge < -0.3 is 10.2 Å². The molecule has 3 heterocycles. The van der Waals surface area contributed by atoms with Gasteiger partial charge in [-0.15, -0.1) is 5.10 Å². The summed E-state index contributed by atoms with van der Waals surface area (Å²) < 4.78 is 15.5. The summed E-state index contributed by atoms with van der Waals surface area (Å²) in [7, 11) is 0. The molecule has 34 heavy (non-hydrogen) atoms. The highest BCUT2D eigenvalue weighted by atomic mass is 32.1. The van der Waals surface area contributed by atoms with Gasteiger partial charge in [0.1, 0.15) is 11.5 Å². The second kappa shape index (κ2) is 9.35. The number of piperazine rings is 1. The van der Waals surface area contributed by atoms with Gasteiger partial charge in [0.2, 0.25) is 10.1 Å². The zero-order chi connectivity index (χ0) is 22.9. The lowest BCUT2D eigenvalue weighted by Gasteiger charge is -2.34. The molecule has 0 atom stereocenters. The Labute approximate surface area is 203 Å². The number of anilines is 2. The molecule has 2 fully saturated rings. The molecule has 8 heteroatoms. The second-order valence-corrected chi connectivity index (χ2v) is 10.2. The lowest BCUT2D eigenvalue weighted by Crippen LogP contribution is -2.46. The molecule has 2 aromatic carbocycles. The zero-order valence-corrected chi connectivity index (χ0v) is 20.0. The van der Waals surface area contributed by atoms with Crippen molar-refractivity contribution >= 4 is 27.2 Å². The van der Waals surface area contributed by atoms with Crippen LogP contribution >= 0.6 is 11.3 Å². The van der Waals surface area contributed by atoms with Crippen molar-refractivity contribution in [3.8, 4) is 11.3 Å². The van der Waals surface area contributed by atoms with Crippen LogP contribution < -0.4 is 10.2 Å². The molecular weight excluding hydrogens is 447 g/mol. The molecule has 6 nitrogen and oxygen atoms in total. The van der Waals surface area contributed by atoms with Gasteiger partial charge in [-0.3, -0.25) is 4.90 Å². The van der Waals surface area contributed by atoms with E-state index < -0.39 is 0 Å². The smallest absolute Gasteiger partial charge is 0.216 e. The Balaban J connectivity index is 1.21. The van der Waals surface area contributed by atoms with E-state index in [1.54, 1.807) is 23.5 Å². The Hall–Kier alpha value is -2.97. The van der Waals surface area contributed by atoms with E-state index >= 15 is 0 Å². The molecule has 0 amide bonds. The van der Waals surface area contributed by atoms with Crippen LogP contribution in [0, 0.1) is 5.82 Å². The molecule has 2 aromatic heterocycles. The number of hydrogen-bond donors (Lipinski definition) is 1. The van der Waals surface area contributed by atoms with Crippen LogP contribution in [0.2, 0.25) is 0 Å². The monoisotopic (exact) mass is 476 g/mol. The summed E-state index contributed by atoms with van der Waals surface area (Å²) >= 11 is 1.66. The summed E-state index contributed by atoms with van der Waals surface area (Å²) in [5.74, 6) is 0.847. The maximum atomic E-state index is 13.5. The molecule has 2 aliphatic rings. The van der Waals surface area contributed by atoms with E-state index in [-0.39, 0.29) is 5.82 Å². The Bertz CT molecular complexity index is 1260. The SMILES string of the molecule is Fc1cccc(CN2CCN(c3nn4c(NC5CCCC5)c(-c5ccccc5)nc4s3)CC2)c1. The molecule has 1 saturated heterocycles. The van der Waals surface area contributed by atoms with Gasteiger partial charge in [0.25, 0.3) is 0 Å². The minimum absolute atomic E-state index is 0.167. The summed E-state index contributed by atoms with van der Waals surface area (Å²) in [4.78, 5) is 10.7. The van der Waals surface area contributed by atoms with Crippen molar-refractivity contribution in [1.29, 1.82) is 0 Å². The maximum Gasteiger partial charge on any atom is 0.216 e. The number of nitrogens with zero attached hydrogens (tertiary/aromatic N) is 5. The minimum Gasteiger partial charge on any atom is -0.365 e. The van der Waals surface area contributed by atoms with Gasteiger partial charge in [-0.2, -0.15) is 4.52 Å². The Kier molecular flexibility index (Phi) is 5.93. The minimum atomic E-state index is -0.167. The number of benzene rings is 2. The van der Waals surface area contributed by atoms with Crippen molar-refractivity contribution in [3.63, 3.8) is 0 Å². The summed E-state index contributed by atoms with van der Waals surface area (Å²) in [5, 5.41) is 9.80. The summed E-state index contributed by atoms with van der Waals surface area (Å²) in [6.07, 6.45) is 4.96. The third kappa shape index (κ3) is 4.40. The third-order valence-corrected chi connectivity index (χ3v) is 7.84. The van der Waals surface area contributed by atoms with Crippen molar-refractivity contribution < 1.29 is 4.39 Å². The van der Waals surface area contributed by atoms with E-state index in [4.69, 9.17) is 10.1 Å². The standard InChI is InChI=1S/C26H29FN6S/c27-21-10-6-7-19(17-21)18-31-13-15-32(16-14-31)26-30-33-24(28-22-11-4-5-12-22)23(29-25(33)34-26)20-8-2-1-3-9-20/h1-3,6-10,17,22,28H,4-5,11-16,18H2. The summed E-state index contributed by atoms with van der Waals surface area (Å²) in [6.45, 7) is 4.45. The van der Waals surface area contributed by atoms with Gasteiger partial charge in [-0.25, -0.2) is 9.37 Å². The first-order valence-electron chi connectivity index (χ1n) is 12.2. The second-order valence-electron chi connectivity index (χ2n) is 9.27. The molecule has 1 aliphatic carbocycles. The van der Waals surface area contributed by atoms with E-state index in [2.05, 4.69) is 39.4 Å². The van der Waals surface area contributed by atoms with Gasteiger partial charge in [0.15, 0.2) is 5.82 Å². The first-order valence-corrected chi connectivity index (χ1v) is 13.0. The van der Waals surface area contributed by atoms with Crippen LogP contribution in [0.15, 0.2) is 54.6 Å². The molecule has 0 unspecified atom stereocenters. The van der Waals surface area contributed by atoms with E-state index in [0.29, 0.717) is 6.04 Å². The number of imidazole rings is 1. The Morgan fingerprint density at radius 3 is 2.53 bits per heavy atom. The van der Waals surface area contributed by atoms with Crippen LogP contribution in [0.1, 0.15) is 31.2 Å². The van der Waals surface area contributed by atoms with Gasteiger partial charge in [-0.05, 0) is 30.5 Å². The predicted molar refractivity (Wildman–Crippen MR) is 136 cm³/mol. The number of nitrogens with one attached hydrogen (secondary N) is 1. The average Bonchev–Trinajstić information content (AvgIpc) is 3.58. The fourth-order valence-electron chi connectivity index (χ4n) is 5.05. The molecule has 1 N–H and O–H groups in total. The van der Waals surface area contributed by atoms with Crippen LogP contribution in [-0.2, 0) is 6.54 Å². The number of aromatic nitrogens is 3. The molecule has 1 saturated carbocycles. The van der Waals surface area contributed by atoms with Crippen LogP contribution in [0.25, 0.3) is 16.2 Å². The lowest BCUT2D eigenvalue weighted by molar-refractivity contribution is 0.249. The number of fused-ring (bicyclic) bond motifs is 1. The summed E-state index contributed by atoms with van der Waals surface area (Å²) in [6, 6.07) is 17.8. The molecule has 0 radical (unpaired) electrons. The molecule has 0 bridgehead atoms. The van der Waals surface area contributed by atoms with Crippen molar-refractivity contribution in [2.75, 3.05) is 36.4 Å². The molecule has 1 aliphatic heterocycles. The number of halogens is 1. The molecule has 6 rings (SSSR count). The van der Waals surface area contributed by atoms with E-state index in [1.807, 2.05) is 16.6 Å². The van der Waals surface area contributed by atoms with Crippen LogP contribution in [0.4, 0.5) is 15.3 Å². The first-order chi connectivity index (χ1) is 16.7. The molecule has 0 spiro atoms. The van der Waals surface area contributed by atoms with Gasteiger partial charge in [-0.1, -0.05) is 66.6 Å². The van der Waals surface area contributed by atoms with E-state index in [0.717, 1.165) is 65.5 Å². The number of hydrogen-bond acceptors (Lipinski definition) is 6. The van der Waals surface area contributed by atoms with Gasteiger partial charge in [0, 0.05) is 44.3 Å². The molecular formula is C26H29FN6S. The number of rotatable bonds is 6. The van der Waals surface area contributed by atoms with Crippen LogP contribution in [-0.4, -0.2) is 51.7 Å². The third-order valence-electron chi connectivity index (χ3n) is 6.87. The Morgan fingerprint density at radius 2 is 1.76 bits per heavy atom. The van der Waals surface area contributed by atoms with E-state index in [1.165, 1.54) is 31.7 Å². The maximum absolute atomic E-state index is 13.5.